The van der Waals surface area contributed by atoms with Crippen molar-refractivity contribution in [1.29, 1.82) is 0 Å². The third kappa shape index (κ3) is 1.75. The van der Waals surface area contributed by atoms with Gasteiger partial charge in [-0.05, 0) is 12.8 Å². The number of carbonyl (C=O) groups excluding carboxylic acids is 1. The van der Waals surface area contributed by atoms with Crippen molar-refractivity contribution in [2.45, 2.75) is 37.9 Å². The molecule has 0 aromatic carbocycles. The molecule has 2 rings (SSSR count). The van der Waals surface area contributed by atoms with Crippen LogP contribution in [0.4, 0.5) is 0 Å². The molecule has 13 heavy (non-hydrogen) atoms. The summed E-state index contributed by atoms with van der Waals surface area (Å²) in [4.78, 5) is 10.2. The van der Waals surface area contributed by atoms with Crippen molar-refractivity contribution in [1.82, 2.24) is 0 Å². The summed E-state index contributed by atoms with van der Waals surface area (Å²) in [7, 11) is 0. The molecule has 2 heterocycles. The predicted octanol–water partition coefficient (Wildman–Crippen LogP) is 1.78. The molecule has 72 valence electrons. The van der Waals surface area contributed by atoms with E-state index in [1.54, 1.807) is 0 Å². The van der Waals surface area contributed by atoms with Gasteiger partial charge in [0.1, 0.15) is 12.0 Å². The van der Waals surface area contributed by atoms with Crippen molar-refractivity contribution in [2.24, 2.45) is 0 Å². The van der Waals surface area contributed by atoms with Gasteiger partial charge in [0.15, 0.2) is 0 Å². The number of aldehydes is 1. The average molecular weight is 182 g/mol. The van der Waals surface area contributed by atoms with E-state index in [0.29, 0.717) is 0 Å². The second-order valence-electron chi connectivity index (χ2n) is 3.59. The SMILES string of the molecule is O=C/C=C1/CCC2(CCCCO2)O1. The lowest BCUT2D eigenvalue weighted by Crippen LogP contribution is -2.34. The normalized spacial score (nSPS) is 36.5. The highest BCUT2D eigenvalue weighted by Crippen LogP contribution is 2.39. The second-order valence-corrected chi connectivity index (χ2v) is 3.59. The summed E-state index contributed by atoms with van der Waals surface area (Å²) in [6, 6.07) is 0. The number of allylic oxidation sites excluding steroid dienone is 2. The molecular formula is C10H14O3. The van der Waals surface area contributed by atoms with Gasteiger partial charge in [-0.25, -0.2) is 0 Å². The summed E-state index contributed by atoms with van der Waals surface area (Å²) in [5.41, 5.74) is 0. The molecule has 2 saturated heterocycles. The van der Waals surface area contributed by atoms with Gasteiger partial charge in [-0.1, -0.05) is 0 Å². The molecule has 0 saturated carbocycles. The van der Waals surface area contributed by atoms with Gasteiger partial charge in [-0.2, -0.15) is 0 Å². The molecule has 0 radical (unpaired) electrons. The zero-order chi connectivity index (χ0) is 9.15. The summed E-state index contributed by atoms with van der Waals surface area (Å²) in [5.74, 6) is 0.393. The number of rotatable bonds is 1. The summed E-state index contributed by atoms with van der Waals surface area (Å²) in [6.07, 6.45) is 7.24. The highest BCUT2D eigenvalue weighted by Gasteiger charge is 2.40. The van der Waals surface area contributed by atoms with E-state index < -0.39 is 0 Å². The van der Waals surface area contributed by atoms with Crippen LogP contribution in [0.15, 0.2) is 11.8 Å². The zero-order valence-electron chi connectivity index (χ0n) is 7.62. The van der Waals surface area contributed by atoms with Crippen LogP contribution in [0.1, 0.15) is 32.1 Å². The Morgan fingerprint density at radius 2 is 2.23 bits per heavy atom. The van der Waals surface area contributed by atoms with Crippen LogP contribution in [0, 0.1) is 0 Å². The molecule has 1 atom stereocenters. The molecule has 0 aliphatic carbocycles. The van der Waals surface area contributed by atoms with Crippen LogP contribution in [0.5, 0.6) is 0 Å². The number of ether oxygens (including phenoxy) is 2. The molecule has 2 fully saturated rings. The van der Waals surface area contributed by atoms with E-state index in [1.807, 2.05) is 0 Å². The zero-order valence-corrected chi connectivity index (χ0v) is 7.62. The first kappa shape index (κ1) is 8.75. The number of hydrogen-bond acceptors (Lipinski definition) is 3. The minimum absolute atomic E-state index is 0.382. The molecule has 1 unspecified atom stereocenters. The standard InChI is InChI=1S/C10H14O3/c11-7-4-9-3-6-10(13-9)5-1-2-8-12-10/h4,7H,1-3,5-6,8H2/b9-4-. The quantitative estimate of drug-likeness (QED) is 0.458. The van der Waals surface area contributed by atoms with E-state index in [4.69, 9.17) is 9.47 Å². The lowest BCUT2D eigenvalue weighted by atomic mass is 10.0. The maximum atomic E-state index is 10.2. The maximum Gasteiger partial charge on any atom is 0.210 e. The van der Waals surface area contributed by atoms with Crippen molar-refractivity contribution >= 4 is 6.29 Å². The second kappa shape index (κ2) is 3.50. The van der Waals surface area contributed by atoms with Crippen molar-refractivity contribution in [3.63, 3.8) is 0 Å². The van der Waals surface area contributed by atoms with Gasteiger partial charge in [0, 0.05) is 25.3 Å². The molecule has 0 bridgehead atoms. The Kier molecular flexibility index (Phi) is 2.36. The minimum atomic E-state index is -0.382. The van der Waals surface area contributed by atoms with Crippen LogP contribution in [-0.2, 0) is 14.3 Å². The molecule has 0 N–H and O–H groups in total. The van der Waals surface area contributed by atoms with Gasteiger partial charge in [-0.15, -0.1) is 0 Å². The average Bonchev–Trinajstić information content (AvgIpc) is 2.51. The summed E-state index contributed by atoms with van der Waals surface area (Å²) in [6.45, 7) is 0.786. The monoisotopic (exact) mass is 182 g/mol. The first-order valence-corrected chi connectivity index (χ1v) is 4.82. The minimum Gasteiger partial charge on any atom is -0.467 e. The molecule has 2 aliphatic rings. The molecule has 2 aliphatic heterocycles. The molecule has 0 aromatic heterocycles. The Morgan fingerprint density at radius 1 is 1.31 bits per heavy atom. The van der Waals surface area contributed by atoms with Gasteiger partial charge in [0.05, 0.1) is 6.61 Å². The smallest absolute Gasteiger partial charge is 0.210 e. The van der Waals surface area contributed by atoms with E-state index >= 15 is 0 Å². The molecule has 3 nitrogen and oxygen atoms in total. The van der Waals surface area contributed by atoms with Crippen molar-refractivity contribution in [3.05, 3.63) is 11.8 Å². The summed E-state index contributed by atoms with van der Waals surface area (Å²) in [5, 5.41) is 0. The van der Waals surface area contributed by atoms with E-state index in [9.17, 15) is 4.79 Å². The Morgan fingerprint density at radius 3 is 2.92 bits per heavy atom. The largest absolute Gasteiger partial charge is 0.467 e. The van der Waals surface area contributed by atoms with E-state index in [-0.39, 0.29) is 5.79 Å². The van der Waals surface area contributed by atoms with Crippen LogP contribution < -0.4 is 0 Å². The predicted molar refractivity (Wildman–Crippen MR) is 47.0 cm³/mol. The van der Waals surface area contributed by atoms with Crippen LogP contribution in [0.2, 0.25) is 0 Å². The van der Waals surface area contributed by atoms with Crippen LogP contribution in [0.3, 0.4) is 0 Å². The van der Waals surface area contributed by atoms with Crippen molar-refractivity contribution < 1.29 is 14.3 Å². The Balaban J connectivity index is 2.02. The lowest BCUT2D eigenvalue weighted by Gasteiger charge is -2.32. The Hall–Kier alpha value is -0.830. The molecule has 0 amide bonds. The fourth-order valence-corrected chi connectivity index (χ4v) is 1.95. The third-order valence-corrected chi connectivity index (χ3v) is 2.64. The highest BCUT2D eigenvalue weighted by atomic mass is 16.7. The molecular weight excluding hydrogens is 168 g/mol. The first-order chi connectivity index (χ1) is 6.35. The van der Waals surface area contributed by atoms with Gasteiger partial charge in [-0.3, -0.25) is 4.79 Å². The number of hydrogen-bond donors (Lipinski definition) is 0. The van der Waals surface area contributed by atoms with Crippen LogP contribution in [0.25, 0.3) is 0 Å². The van der Waals surface area contributed by atoms with Gasteiger partial charge < -0.3 is 9.47 Å². The van der Waals surface area contributed by atoms with Crippen LogP contribution in [-0.4, -0.2) is 18.7 Å². The fraction of sp³-hybridized carbons (Fsp3) is 0.700. The summed E-state index contributed by atoms with van der Waals surface area (Å²) >= 11 is 0. The fourth-order valence-electron chi connectivity index (χ4n) is 1.95. The van der Waals surface area contributed by atoms with Crippen LogP contribution >= 0.6 is 0 Å². The maximum absolute atomic E-state index is 10.2. The van der Waals surface area contributed by atoms with E-state index in [0.717, 1.165) is 50.8 Å². The van der Waals surface area contributed by atoms with Crippen molar-refractivity contribution in [3.8, 4) is 0 Å². The molecule has 1 spiro atoms. The topological polar surface area (TPSA) is 35.5 Å². The number of carbonyl (C=O) groups is 1. The van der Waals surface area contributed by atoms with Crippen molar-refractivity contribution in [2.75, 3.05) is 6.61 Å². The third-order valence-electron chi connectivity index (χ3n) is 2.64. The van der Waals surface area contributed by atoms with Gasteiger partial charge >= 0.3 is 0 Å². The molecule has 0 aromatic rings. The lowest BCUT2D eigenvalue weighted by molar-refractivity contribution is -0.216. The van der Waals surface area contributed by atoms with Gasteiger partial charge in [0.25, 0.3) is 0 Å². The Bertz CT molecular complexity index is 226. The molecule has 3 heteroatoms. The highest BCUT2D eigenvalue weighted by molar-refractivity contribution is 5.65. The first-order valence-electron chi connectivity index (χ1n) is 4.82. The van der Waals surface area contributed by atoms with E-state index in [1.165, 1.54) is 6.08 Å². The summed E-state index contributed by atoms with van der Waals surface area (Å²) < 4.78 is 11.3. The van der Waals surface area contributed by atoms with E-state index in [2.05, 4.69) is 0 Å². The van der Waals surface area contributed by atoms with Gasteiger partial charge in [0.2, 0.25) is 5.79 Å². The Labute approximate surface area is 77.7 Å².